The Bertz CT molecular complexity index is 627. The summed E-state index contributed by atoms with van der Waals surface area (Å²) in [5.74, 6) is 0.0709. The molecule has 0 aliphatic rings. The molecule has 2 aromatic carbocycles. The van der Waals surface area contributed by atoms with Gasteiger partial charge in [-0.2, -0.15) is 0 Å². The highest BCUT2D eigenvalue weighted by Gasteiger charge is 2.07. The lowest BCUT2D eigenvalue weighted by atomic mass is 9.99. The Kier molecular flexibility index (Phi) is 4.43. The topological polar surface area (TPSA) is 20.2 Å². The molecule has 0 aliphatic heterocycles. The molecule has 0 atom stereocenters. The average molecular weight is 362 g/mol. The van der Waals surface area contributed by atoms with E-state index in [1.54, 1.807) is 6.08 Å². The molecular weight excluding hydrogens is 347 g/mol. The van der Waals surface area contributed by atoms with Crippen molar-refractivity contribution in [3.63, 3.8) is 0 Å². The first-order valence-electron chi connectivity index (χ1n) is 6.00. The summed E-state index contributed by atoms with van der Waals surface area (Å²) in [6.07, 6.45) is 3.50. The van der Waals surface area contributed by atoms with E-state index in [0.717, 1.165) is 5.56 Å². The Labute approximate surface area is 127 Å². The molecule has 0 radical (unpaired) electrons. The van der Waals surface area contributed by atoms with Gasteiger partial charge < -0.3 is 5.11 Å². The van der Waals surface area contributed by atoms with Gasteiger partial charge in [-0.3, -0.25) is 0 Å². The number of rotatable bonds is 3. The second-order valence-electron chi connectivity index (χ2n) is 4.33. The van der Waals surface area contributed by atoms with Crippen LogP contribution >= 0.6 is 22.6 Å². The fourth-order valence-corrected chi connectivity index (χ4v) is 2.71. The normalized spacial score (nSPS) is 10.8. The molecule has 0 saturated carbocycles. The molecule has 0 bridgehead atoms. The van der Waals surface area contributed by atoms with E-state index in [1.807, 2.05) is 24.3 Å². The van der Waals surface area contributed by atoms with Gasteiger partial charge >= 0.3 is 0 Å². The fourth-order valence-electron chi connectivity index (χ4n) is 1.91. The molecule has 2 heteroatoms. The molecule has 2 aromatic rings. The van der Waals surface area contributed by atoms with Crippen molar-refractivity contribution >= 4 is 28.7 Å². The molecular formula is C17H15IO. The highest BCUT2D eigenvalue weighted by Crippen LogP contribution is 2.29. The molecule has 0 aromatic heterocycles. The third kappa shape index (κ3) is 3.26. The van der Waals surface area contributed by atoms with Crippen molar-refractivity contribution in [3.8, 4) is 11.1 Å². The van der Waals surface area contributed by atoms with Gasteiger partial charge in [0.15, 0.2) is 0 Å². The number of allylic oxidation sites excluding steroid dienone is 1. The molecule has 0 spiro atoms. The number of aliphatic hydroxyl groups excluding tert-OH is 1. The predicted molar refractivity (Wildman–Crippen MR) is 90.1 cm³/mol. The van der Waals surface area contributed by atoms with Gasteiger partial charge in [-0.05, 0) is 57.8 Å². The van der Waals surface area contributed by atoms with Gasteiger partial charge in [-0.25, -0.2) is 0 Å². The molecule has 0 heterocycles. The number of hydrogen-bond donors (Lipinski definition) is 1. The summed E-state index contributed by atoms with van der Waals surface area (Å²) >= 11 is 2.37. The summed E-state index contributed by atoms with van der Waals surface area (Å²) in [7, 11) is 0. The molecule has 96 valence electrons. The van der Waals surface area contributed by atoms with Crippen LogP contribution in [0.2, 0.25) is 0 Å². The quantitative estimate of drug-likeness (QED) is 0.443. The van der Waals surface area contributed by atoms with Crippen LogP contribution in [0.5, 0.6) is 0 Å². The van der Waals surface area contributed by atoms with Crippen LogP contribution in [-0.2, 0) is 0 Å². The summed E-state index contributed by atoms with van der Waals surface area (Å²) in [5.41, 5.74) is 4.76. The van der Waals surface area contributed by atoms with Crippen LogP contribution in [-0.4, -0.2) is 5.11 Å². The van der Waals surface area contributed by atoms with Crippen molar-refractivity contribution in [1.82, 2.24) is 0 Å². The Morgan fingerprint density at radius 2 is 1.84 bits per heavy atom. The molecule has 0 fully saturated rings. The zero-order chi connectivity index (χ0) is 13.8. The highest BCUT2D eigenvalue weighted by molar-refractivity contribution is 14.1. The minimum atomic E-state index is 0.0709. The number of hydrogen-bond acceptors (Lipinski definition) is 1. The largest absolute Gasteiger partial charge is 0.509 e. The van der Waals surface area contributed by atoms with E-state index in [4.69, 9.17) is 5.11 Å². The van der Waals surface area contributed by atoms with Crippen molar-refractivity contribution in [1.29, 1.82) is 0 Å². The van der Waals surface area contributed by atoms with Gasteiger partial charge in [0.25, 0.3) is 0 Å². The maximum atomic E-state index is 9.12. The first-order valence-corrected chi connectivity index (χ1v) is 7.08. The zero-order valence-corrected chi connectivity index (χ0v) is 12.9. The van der Waals surface area contributed by atoms with Gasteiger partial charge in [0, 0.05) is 3.57 Å². The van der Waals surface area contributed by atoms with Crippen molar-refractivity contribution in [2.24, 2.45) is 0 Å². The van der Waals surface area contributed by atoms with E-state index in [1.165, 1.54) is 20.3 Å². The molecule has 1 nitrogen and oxygen atoms in total. The van der Waals surface area contributed by atoms with Crippen LogP contribution in [0, 0.1) is 10.5 Å². The lowest BCUT2D eigenvalue weighted by Crippen LogP contribution is -1.90. The van der Waals surface area contributed by atoms with Crippen molar-refractivity contribution < 1.29 is 5.11 Å². The summed E-state index contributed by atoms with van der Waals surface area (Å²) in [6.45, 7) is 5.55. The van der Waals surface area contributed by atoms with E-state index in [9.17, 15) is 0 Å². The standard InChI is InChI=1S/C17H15IO/c1-12(19)8-9-14-10-11-16(17(18)13(14)2)15-6-4-3-5-7-15/h3-11,19H,1H2,2H3/b9-8-. The Morgan fingerprint density at radius 3 is 2.47 bits per heavy atom. The number of aliphatic hydroxyl groups is 1. The third-order valence-corrected chi connectivity index (χ3v) is 4.36. The van der Waals surface area contributed by atoms with Gasteiger partial charge in [0.2, 0.25) is 0 Å². The van der Waals surface area contributed by atoms with Gasteiger partial charge in [-0.1, -0.05) is 55.1 Å². The highest BCUT2D eigenvalue weighted by atomic mass is 127. The maximum Gasteiger partial charge on any atom is 0.108 e. The molecule has 19 heavy (non-hydrogen) atoms. The fraction of sp³-hybridized carbons (Fsp3) is 0.0588. The Morgan fingerprint density at radius 1 is 1.16 bits per heavy atom. The minimum absolute atomic E-state index is 0.0709. The first-order chi connectivity index (χ1) is 9.09. The second kappa shape index (κ2) is 6.06. The third-order valence-electron chi connectivity index (χ3n) is 2.97. The van der Waals surface area contributed by atoms with Crippen molar-refractivity contribution in [2.75, 3.05) is 0 Å². The van der Waals surface area contributed by atoms with E-state index in [2.05, 4.69) is 60.4 Å². The molecule has 0 saturated heterocycles. The molecule has 0 aliphatic carbocycles. The minimum Gasteiger partial charge on any atom is -0.509 e. The van der Waals surface area contributed by atoms with Crippen LogP contribution in [0.15, 0.2) is 60.9 Å². The van der Waals surface area contributed by atoms with Crippen LogP contribution < -0.4 is 0 Å². The lowest BCUT2D eigenvalue weighted by molar-refractivity contribution is 0.436. The van der Waals surface area contributed by atoms with Gasteiger partial charge in [0.05, 0.1) is 0 Å². The van der Waals surface area contributed by atoms with E-state index in [0.29, 0.717) is 0 Å². The van der Waals surface area contributed by atoms with Crippen molar-refractivity contribution in [2.45, 2.75) is 6.92 Å². The maximum absolute atomic E-state index is 9.12. The molecule has 0 unspecified atom stereocenters. The monoisotopic (exact) mass is 362 g/mol. The molecule has 0 amide bonds. The predicted octanol–water partition coefficient (Wildman–Crippen LogP) is 5.35. The summed E-state index contributed by atoms with van der Waals surface area (Å²) in [5, 5.41) is 9.12. The lowest BCUT2D eigenvalue weighted by Gasteiger charge is -2.10. The Balaban J connectivity index is 2.46. The second-order valence-corrected chi connectivity index (χ2v) is 5.41. The average Bonchev–Trinajstić information content (AvgIpc) is 2.41. The first kappa shape index (κ1) is 13.9. The zero-order valence-electron chi connectivity index (χ0n) is 10.7. The summed E-state index contributed by atoms with van der Waals surface area (Å²) in [6, 6.07) is 14.5. The van der Waals surface area contributed by atoms with Gasteiger partial charge in [0.1, 0.15) is 5.76 Å². The van der Waals surface area contributed by atoms with E-state index in [-0.39, 0.29) is 5.76 Å². The van der Waals surface area contributed by atoms with Crippen LogP contribution in [0.4, 0.5) is 0 Å². The van der Waals surface area contributed by atoms with Crippen LogP contribution in [0.1, 0.15) is 11.1 Å². The molecule has 2 rings (SSSR count). The van der Waals surface area contributed by atoms with Crippen LogP contribution in [0.3, 0.4) is 0 Å². The van der Waals surface area contributed by atoms with Crippen molar-refractivity contribution in [3.05, 3.63) is 75.6 Å². The summed E-state index contributed by atoms with van der Waals surface area (Å²) in [4.78, 5) is 0. The Hall–Kier alpha value is -1.55. The number of halogens is 1. The summed E-state index contributed by atoms with van der Waals surface area (Å²) < 4.78 is 1.23. The smallest absolute Gasteiger partial charge is 0.108 e. The number of benzene rings is 2. The van der Waals surface area contributed by atoms with Gasteiger partial charge in [-0.15, -0.1) is 0 Å². The van der Waals surface area contributed by atoms with Crippen LogP contribution in [0.25, 0.3) is 17.2 Å². The SMILES string of the molecule is C=C(O)/C=C\c1ccc(-c2ccccc2)c(I)c1C. The molecule has 1 N–H and O–H groups in total. The van der Waals surface area contributed by atoms with E-state index < -0.39 is 0 Å². The van der Waals surface area contributed by atoms with E-state index >= 15 is 0 Å².